The Hall–Kier alpha value is -1.60. The Balaban J connectivity index is 2.31. The van der Waals surface area contributed by atoms with E-state index in [0.29, 0.717) is 23.3 Å². The fourth-order valence-electron chi connectivity index (χ4n) is 3.32. The number of methoxy groups -OCH3 is 1. The first-order chi connectivity index (χ1) is 10.0. The predicted octanol–water partition coefficient (Wildman–Crippen LogP) is 3.84. The van der Waals surface area contributed by atoms with Gasteiger partial charge in [0.05, 0.1) is 17.5 Å². The van der Waals surface area contributed by atoms with Gasteiger partial charge in [0.1, 0.15) is 6.07 Å². The number of aromatic nitrogens is 2. The maximum absolute atomic E-state index is 9.13. The molecule has 21 heavy (non-hydrogen) atoms. The summed E-state index contributed by atoms with van der Waals surface area (Å²) in [5.74, 6) is 1.43. The molecule has 0 saturated heterocycles. The average molecular weight is 287 g/mol. The van der Waals surface area contributed by atoms with Crippen LogP contribution in [0, 0.1) is 36.0 Å². The molecule has 0 radical (unpaired) electrons. The van der Waals surface area contributed by atoms with Crippen molar-refractivity contribution in [1.82, 2.24) is 9.78 Å². The molecular weight excluding hydrogens is 262 g/mol. The van der Waals surface area contributed by atoms with Gasteiger partial charge in [-0.05, 0) is 19.8 Å². The van der Waals surface area contributed by atoms with Crippen molar-refractivity contribution < 1.29 is 4.74 Å². The summed E-state index contributed by atoms with van der Waals surface area (Å²) in [6, 6.07) is 2.19. The average Bonchev–Trinajstić information content (AvgIpc) is 3.05. The maximum Gasteiger partial charge on any atom is 0.154 e. The smallest absolute Gasteiger partial charge is 0.154 e. The highest BCUT2D eigenvalue weighted by molar-refractivity contribution is 5.32. The molecule has 1 aliphatic carbocycles. The third-order valence-corrected chi connectivity index (χ3v) is 4.65. The molecule has 4 nitrogen and oxygen atoms in total. The molecule has 1 unspecified atom stereocenters. The lowest BCUT2D eigenvalue weighted by Crippen LogP contribution is -2.30. The molecule has 0 spiro atoms. The van der Waals surface area contributed by atoms with Crippen LogP contribution in [0.4, 0.5) is 0 Å². The monoisotopic (exact) mass is 287 g/mol. The molecule has 0 fully saturated rings. The van der Waals surface area contributed by atoms with Gasteiger partial charge in [0, 0.05) is 18.9 Å². The Morgan fingerprint density at radius 1 is 1.48 bits per heavy atom. The third kappa shape index (κ3) is 3.03. The van der Waals surface area contributed by atoms with Crippen molar-refractivity contribution in [1.29, 1.82) is 5.26 Å². The largest absolute Gasteiger partial charge is 0.359 e. The van der Waals surface area contributed by atoms with Gasteiger partial charge in [0.15, 0.2) is 6.23 Å². The van der Waals surface area contributed by atoms with E-state index in [1.165, 1.54) is 18.4 Å². The number of ether oxygens (including phenoxy) is 1. The van der Waals surface area contributed by atoms with Crippen LogP contribution < -0.4 is 0 Å². The van der Waals surface area contributed by atoms with Crippen LogP contribution in [0.3, 0.4) is 0 Å². The van der Waals surface area contributed by atoms with Crippen LogP contribution in [0.2, 0.25) is 0 Å². The van der Waals surface area contributed by atoms with E-state index in [0.717, 1.165) is 5.69 Å². The second-order valence-electron chi connectivity index (χ2n) is 6.11. The van der Waals surface area contributed by atoms with Crippen molar-refractivity contribution in [2.24, 2.45) is 17.8 Å². The highest BCUT2D eigenvalue weighted by Gasteiger charge is 2.40. The molecule has 0 aliphatic heterocycles. The summed E-state index contributed by atoms with van der Waals surface area (Å²) < 4.78 is 7.70. The molecule has 1 aromatic rings. The minimum Gasteiger partial charge on any atom is -0.359 e. The molecule has 4 atom stereocenters. The molecule has 1 heterocycles. The summed E-state index contributed by atoms with van der Waals surface area (Å²) >= 11 is 0. The molecule has 0 saturated carbocycles. The standard InChI is InChI=1S/C17H25N3O/c1-6-7-11(2)16(15-8-12(15)3)17(21-5)20-13(4)14(9-18)10-19-20/h8,10-11,15-17H,6-7H2,1-5H3/t11-,15+,16+,17?/m0/s1. The first-order valence-corrected chi connectivity index (χ1v) is 7.70. The van der Waals surface area contributed by atoms with E-state index in [1.54, 1.807) is 13.3 Å². The summed E-state index contributed by atoms with van der Waals surface area (Å²) in [5, 5.41) is 13.5. The Morgan fingerprint density at radius 2 is 2.14 bits per heavy atom. The highest BCUT2D eigenvalue weighted by atomic mass is 16.5. The summed E-state index contributed by atoms with van der Waals surface area (Å²) in [4.78, 5) is 0. The normalized spacial score (nSPS) is 21.3. The number of hydrogen-bond donors (Lipinski definition) is 0. The second kappa shape index (κ2) is 6.44. The number of nitriles is 1. The first kappa shape index (κ1) is 15.8. The van der Waals surface area contributed by atoms with Gasteiger partial charge < -0.3 is 4.74 Å². The van der Waals surface area contributed by atoms with E-state index >= 15 is 0 Å². The number of rotatable bonds is 7. The molecule has 114 valence electrons. The molecule has 0 bridgehead atoms. The van der Waals surface area contributed by atoms with Crippen molar-refractivity contribution in [2.75, 3.05) is 7.11 Å². The summed E-state index contributed by atoms with van der Waals surface area (Å²) in [6.07, 6.45) is 6.17. The SMILES string of the molecule is CCC[C@H](C)[C@@H](C(OC)n1ncc(C#N)c1C)[C@@H]1C=C1C. The Morgan fingerprint density at radius 3 is 2.57 bits per heavy atom. The first-order valence-electron chi connectivity index (χ1n) is 7.70. The minimum atomic E-state index is -0.118. The van der Waals surface area contributed by atoms with Crippen molar-refractivity contribution in [3.8, 4) is 6.07 Å². The van der Waals surface area contributed by atoms with E-state index < -0.39 is 0 Å². The van der Waals surface area contributed by atoms with Crippen LogP contribution in [-0.2, 0) is 4.74 Å². The molecule has 0 N–H and O–H groups in total. The highest BCUT2D eigenvalue weighted by Crippen LogP contribution is 2.46. The zero-order valence-electron chi connectivity index (χ0n) is 13.6. The van der Waals surface area contributed by atoms with Crippen molar-refractivity contribution in [2.45, 2.75) is 46.8 Å². The Bertz CT molecular complexity index is 567. The number of allylic oxidation sites excluding steroid dienone is 2. The molecule has 2 rings (SSSR count). The Labute approximate surface area is 127 Å². The van der Waals surface area contributed by atoms with E-state index in [1.807, 2.05) is 11.6 Å². The maximum atomic E-state index is 9.13. The van der Waals surface area contributed by atoms with Crippen molar-refractivity contribution >= 4 is 0 Å². The molecule has 4 heteroatoms. The summed E-state index contributed by atoms with van der Waals surface area (Å²) in [7, 11) is 1.74. The number of hydrogen-bond acceptors (Lipinski definition) is 3. The van der Waals surface area contributed by atoms with Gasteiger partial charge in [-0.15, -0.1) is 0 Å². The fourth-order valence-corrected chi connectivity index (χ4v) is 3.32. The van der Waals surface area contributed by atoms with Gasteiger partial charge in [0.2, 0.25) is 0 Å². The topological polar surface area (TPSA) is 50.8 Å². The second-order valence-corrected chi connectivity index (χ2v) is 6.11. The van der Waals surface area contributed by atoms with Crippen LogP contribution in [0.1, 0.15) is 51.1 Å². The summed E-state index contributed by atoms with van der Waals surface area (Å²) in [5.41, 5.74) is 2.95. The summed E-state index contributed by atoms with van der Waals surface area (Å²) in [6.45, 7) is 8.63. The van der Waals surface area contributed by atoms with Crippen LogP contribution in [0.5, 0.6) is 0 Å². The van der Waals surface area contributed by atoms with Crippen LogP contribution in [-0.4, -0.2) is 16.9 Å². The van der Waals surface area contributed by atoms with Crippen LogP contribution >= 0.6 is 0 Å². The quantitative estimate of drug-likeness (QED) is 0.716. The van der Waals surface area contributed by atoms with Crippen LogP contribution in [0.25, 0.3) is 0 Å². The van der Waals surface area contributed by atoms with E-state index in [2.05, 4.69) is 38.0 Å². The molecular formula is C17H25N3O. The van der Waals surface area contributed by atoms with E-state index in [-0.39, 0.29) is 6.23 Å². The number of nitrogens with zero attached hydrogens (tertiary/aromatic N) is 3. The predicted molar refractivity (Wildman–Crippen MR) is 82.5 cm³/mol. The molecule has 0 aromatic carbocycles. The zero-order valence-corrected chi connectivity index (χ0v) is 13.6. The lowest BCUT2D eigenvalue weighted by atomic mass is 9.83. The molecule has 1 aliphatic rings. The van der Waals surface area contributed by atoms with Gasteiger partial charge in [-0.2, -0.15) is 10.4 Å². The van der Waals surface area contributed by atoms with Crippen molar-refractivity contribution in [3.63, 3.8) is 0 Å². The Kier molecular flexibility index (Phi) is 4.84. The van der Waals surface area contributed by atoms with E-state index in [9.17, 15) is 0 Å². The minimum absolute atomic E-state index is 0.118. The van der Waals surface area contributed by atoms with Crippen LogP contribution in [0.15, 0.2) is 17.8 Å². The van der Waals surface area contributed by atoms with Gasteiger partial charge in [-0.25, -0.2) is 4.68 Å². The lowest BCUT2D eigenvalue weighted by Gasteiger charge is -2.32. The molecule has 0 amide bonds. The van der Waals surface area contributed by atoms with Gasteiger partial charge in [-0.1, -0.05) is 38.3 Å². The third-order valence-electron chi connectivity index (χ3n) is 4.65. The lowest BCUT2D eigenvalue weighted by molar-refractivity contribution is -0.0425. The van der Waals surface area contributed by atoms with E-state index in [4.69, 9.17) is 10.00 Å². The zero-order chi connectivity index (χ0) is 15.6. The van der Waals surface area contributed by atoms with Gasteiger partial charge in [0.25, 0.3) is 0 Å². The van der Waals surface area contributed by atoms with Gasteiger partial charge >= 0.3 is 0 Å². The fraction of sp³-hybridized carbons (Fsp3) is 0.647. The van der Waals surface area contributed by atoms with Gasteiger partial charge in [-0.3, -0.25) is 0 Å². The molecule has 1 aromatic heterocycles. The van der Waals surface area contributed by atoms with Crippen molar-refractivity contribution in [3.05, 3.63) is 29.1 Å².